The molecule has 15 heavy (non-hydrogen) atoms. The summed E-state index contributed by atoms with van der Waals surface area (Å²) >= 11 is 0. The van der Waals surface area contributed by atoms with Gasteiger partial charge in [0.25, 0.3) is 0 Å². The molecule has 88 valence electrons. The van der Waals surface area contributed by atoms with Crippen molar-refractivity contribution in [3.05, 3.63) is 0 Å². The Balaban J connectivity index is 2.11. The molecule has 2 unspecified atom stereocenters. The summed E-state index contributed by atoms with van der Waals surface area (Å²) in [5.41, 5.74) is 0.122. The molecule has 2 aliphatic rings. The van der Waals surface area contributed by atoms with Gasteiger partial charge in [0.2, 0.25) is 0 Å². The first kappa shape index (κ1) is 11.4. The van der Waals surface area contributed by atoms with Gasteiger partial charge in [-0.3, -0.25) is 4.90 Å². The van der Waals surface area contributed by atoms with Crippen LogP contribution in [0.5, 0.6) is 0 Å². The molecule has 2 atom stereocenters. The van der Waals surface area contributed by atoms with Crippen LogP contribution in [0.1, 0.15) is 32.6 Å². The van der Waals surface area contributed by atoms with Crippen LogP contribution >= 0.6 is 0 Å². The third-order valence-electron chi connectivity index (χ3n) is 4.44. The summed E-state index contributed by atoms with van der Waals surface area (Å²) in [6.45, 7) is 7.00. The zero-order valence-corrected chi connectivity index (χ0v) is 9.84. The fraction of sp³-hybridized carbons (Fsp3) is 1.00. The van der Waals surface area contributed by atoms with Crippen LogP contribution in [0.15, 0.2) is 0 Å². The number of nitrogens with one attached hydrogen (secondary N) is 1. The van der Waals surface area contributed by atoms with Crippen molar-refractivity contribution in [2.24, 2.45) is 5.92 Å². The van der Waals surface area contributed by atoms with Gasteiger partial charge >= 0.3 is 0 Å². The summed E-state index contributed by atoms with van der Waals surface area (Å²) < 4.78 is 0. The lowest BCUT2D eigenvalue weighted by Gasteiger charge is -2.46. The molecular weight excluding hydrogens is 188 g/mol. The molecule has 1 saturated carbocycles. The van der Waals surface area contributed by atoms with Crippen molar-refractivity contribution in [3.63, 3.8) is 0 Å². The van der Waals surface area contributed by atoms with E-state index in [9.17, 15) is 5.11 Å². The minimum atomic E-state index is 0.122. The maximum Gasteiger partial charge on any atom is 0.0618 e. The second-order valence-electron chi connectivity index (χ2n) is 5.00. The first-order chi connectivity index (χ1) is 7.33. The Hall–Kier alpha value is -0.120. The molecule has 1 saturated heterocycles. The Morgan fingerprint density at radius 2 is 2.13 bits per heavy atom. The van der Waals surface area contributed by atoms with Crippen molar-refractivity contribution >= 4 is 0 Å². The lowest BCUT2D eigenvalue weighted by molar-refractivity contribution is -0.00866. The molecule has 3 heteroatoms. The topological polar surface area (TPSA) is 35.5 Å². The van der Waals surface area contributed by atoms with E-state index in [2.05, 4.69) is 17.1 Å². The van der Waals surface area contributed by atoms with E-state index in [0.717, 1.165) is 26.2 Å². The van der Waals surface area contributed by atoms with Crippen LogP contribution in [-0.4, -0.2) is 48.3 Å². The number of rotatable bonds is 3. The van der Waals surface area contributed by atoms with Crippen LogP contribution in [-0.2, 0) is 0 Å². The zero-order chi connectivity index (χ0) is 10.7. The highest BCUT2D eigenvalue weighted by Crippen LogP contribution is 2.42. The Kier molecular flexibility index (Phi) is 3.65. The van der Waals surface area contributed by atoms with Gasteiger partial charge in [-0.1, -0.05) is 19.8 Å². The van der Waals surface area contributed by atoms with Crippen molar-refractivity contribution in [3.8, 4) is 0 Å². The van der Waals surface area contributed by atoms with Crippen LogP contribution in [0.3, 0.4) is 0 Å². The van der Waals surface area contributed by atoms with Gasteiger partial charge in [-0.05, 0) is 18.8 Å². The van der Waals surface area contributed by atoms with Crippen LogP contribution in [0.2, 0.25) is 0 Å². The van der Waals surface area contributed by atoms with Gasteiger partial charge in [-0.2, -0.15) is 0 Å². The highest BCUT2D eigenvalue weighted by atomic mass is 16.3. The molecule has 2 rings (SSSR count). The predicted molar refractivity (Wildman–Crippen MR) is 61.9 cm³/mol. The van der Waals surface area contributed by atoms with Gasteiger partial charge in [0.05, 0.1) is 6.61 Å². The van der Waals surface area contributed by atoms with Gasteiger partial charge in [0.1, 0.15) is 0 Å². The highest BCUT2D eigenvalue weighted by Gasteiger charge is 2.45. The molecule has 0 radical (unpaired) electrons. The Bertz CT molecular complexity index is 204. The summed E-state index contributed by atoms with van der Waals surface area (Å²) in [5.74, 6) is 0.709. The van der Waals surface area contributed by atoms with E-state index >= 15 is 0 Å². The van der Waals surface area contributed by atoms with E-state index in [4.69, 9.17) is 0 Å². The quantitative estimate of drug-likeness (QED) is 0.727. The summed E-state index contributed by atoms with van der Waals surface area (Å²) in [5, 5.41) is 13.2. The van der Waals surface area contributed by atoms with Gasteiger partial charge in [-0.15, -0.1) is 0 Å². The van der Waals surface area contributed by atoms with Gasteiger partial charge in [0.15, 0.2) is 0 Å². The predicted octanol–water partition coefficient (Wildman–Crippen LogP) is 0.833. The third-order valence-corrected chi connectivity index (χ3v) is 4.44. The van der Waals surface area contributed by atoms with E-state index < -0.39 is 0 Å². The first-order valence-corrected chi connectivity index (χ1v) is 6.40. The second-order valence-corrected chi connectivity index (χ2v) is 5.00. The molecular formula is C12H24N2O. The van der Waals surface area contributed by atoms with E-state index in [1.54, 1.807) is 0 Å². The summed E-state index contributed by atoms with van der Waals surface area (Å²) in [4.78, 5) is 2.55. The van der Waals surface area contributed by atoms with E-state index in [1.807, 2.05) is 0 Å². The van der Waals surface area contributed by atoms with Crippen LogP contribution in [0.4, 0.5) is 0 Å². The number of hydrogen-bond donors (Lipinski definition) is 2. The fourth-order valence-corrected chi connectivity index (χ4v) is 3.55. The van der Waals surface area contributed by atoms with Crippen molar-refractivity contribution in [1.82, 2.24) is 10.2 Å². The fourth-order valence-electron chi connectivity index (χ4n) is 3.55. The molecule has 1 heterocycles. The number of nitrogens with zero attached hydrogens (tertiary/aromatic N) is 1. The number of piperazine rings is 1. The van der Waals surface area contributed by atoms with Crippen molar-refractivity contribution < 1.29 is 5.11 Å². The van der Waals surface area contributed by atoms with E-state index in [-0.39, 0.29) is 5.54 Å². The van der Waals surface area contributed by atoms with Gasteiger partial charge in [-0.25, -0.2) is 0 Å². The number of hydrogen-bond acceptors (Lipinski definition) is 3. The first-order valence-electron chi connectivity index (χ1n) is 6.40. The molecule has 0 aromatic carbocycles. The monoisotopic (exact) mass is 212 g/mol. The summed E-state index contributed by atoms with van der Waals surface area (Å²) in [6.07, 6.45) is 5.01. The van der Waals surface area contributed by atoms with E-state index in [1.165, 1.54) is 25.7 Å². The molecule has 3 nitrogen and oxygen atoms in total. The van der Waals surface area contributed by atoms with Crippen molar-refractivity contribution in [1.29, 1.82) is 0 Å². The SMILES string of the molecule is CCC1CCCC1(CO)N1CCNCC1. The Morgan fingerprint density at radius 1 is 1.40 bits per heavy atom. The number of aliphatic hydroxyl groups excluding tert-OH is 1. The molecule has 0 aromatic rings. The lowest BCUT2D eigenvalue weighted by Crippen LogP contribution is -2.59. The molecule has 0 aromatic heterocycles. The molecule has 2 fully saturated rings. The van der Waals surface area contributed by atoms with Gasteiger partial charge in [0, 0.05) is 31.7 Å². The Morgan fingerprint density at radius 3 is 2.73 bits per heavy atom. The van der Waals surface area contributed by atoms with E-state index in [0.29, 0.717) is 12.5 Å². The maximum atomic E-state index is 9.81. The molecule has 1 aliphatic carbocycles. The van der Waals surface area contributed by atoms with Crippen LogP contribution in [0.25, 0.3) is 0 Å². The third kappa shape index (κ3) is 1.93. The summed E-state index contributed by atoms with van der Waals surface area (Å²) in [7, 11) is 0. The standard InChI is InChI=1S/C12H24N2O/c1-2-11-4-3-5-12(11,10-15)14-8-6-13-7-9-14/h11,13,15H,2-10H2,1H3. The molecule has 0 bridgehead atoms. The smallest absolute Gasteiger partial charge is 0.0618 e. The van der Waals surface area contributed by atoms with Crippen LogP contribution < -0.4 is 5.32 Å². The lowest BCUT2D eigenvalue weighted by atomic mass is 9.83. The van der Waals surface area contributed by atoms with Gasteiger partial charge < -0.3 is 10.4 Å². The summed E-state index contributed by atoms with van der Waals surface area (Å²) in [6, 6.07) is 0. The average molecular weight is 212 g/mol. The maximum absolute atomic E-state index is 9.81. The molecule has 2 N–H and O–H groups in total. The highest BCUT2D eigenvalue weighted by molar-refractivity contribution is 5.01. The number of aliphatic hydroxyl groups is 1. The molecule has 0 spiro atoms. The second kappa shape index (κ2) is 4.81. The Labute approximate surface area is 92.8 Å². The van der Waals surface area contributed by atoms with Crippen molar-refractivity contribution in [2.45, 2.75) is 38.1 Å². The average Bonchev–Trinajstić information content (AvgIpc) is 2.74. The normalized spacial score (nSPS) is 38.4. The molecule has 1 aliphatic heterocycles. The minimum absolute atomic E-state index is 0.122. The molecule has 0 amide bonds. The minimum Gasteiger partial charge on any atom is -0.394 e. The van der Waals surface area contributed by atoms with Crippen LogP contribution in [0, 0.1) is 5.92 Å². The zero-order valence-electron chi connectivity index (χ0n) is 9.84. The van der Waals surface area contributed by atoms with Crippen molar-refractivity contribution in [2.75, 3.05) is 32.8 Å². The largest absolute Gasteiger partial charge is 0.394 e.